The fraction of sp³-hybridized carbons (Fsp3) is 0.444. The molecule has 4 rings (SSSR count). The van der Waals surface area contributed by atoms with E-state index in [9.17, 15) is 58.8 Å². The van der Waals surface area contributed by atoms with E-state index >= 15 is 0 Å². The number of likely N-dealkylation sites (tertiary alicyclic amines) is 1. The first kappa shape index (κ1) is 42.5. The van der Waals surface area contributed by atoms with Gasteiger partial charge in [0.25, 0.3) is 0 Å². The van der Waals surface area contributed by atoms with E-state index in [2.05, 4.69) is 31.9 Å². The van der Waals surface area contributed by atoms with Gasteiger partial charge in [0, 0.05) is 31.1 Å². The molecular weight excluding hydrogens is 736 g/mol. The number of benzene rings is 2. The van der Waals surface area contributed by atoms with Crippen molar-refractivity contribution in [2.24, 2.45) is 0 Å². The van der Waals surface area contributed by atoms with Crippen molar-refractivity contribution < 1.29 is 58.8 Å². The van der Waals surface area contributed by atoms with Gasteiger partial charge in [0.05, 0.1) is 26.2 Å². The number of nitrogens with one attached hydrogen (secondary N) is 6. The maximum absolute atomic E-state index is 13.8. The largest absolute Gasteiger partial charge is 0.507 e. The summed E-state index contributed by atoms with van der Waals surface area (Å²) in [6.07, 6.45) is 0.567. The van der Waals surface area contributed by atoms with Crippen molar-refractivity contribution in [3.63, 3.8) is 0 Å². The van der Waals surface area contributed by atoms with Gasteiger partial charge < -0.3 is 62.1 Å². The highest BCUT2D eigenvalue weighted by Crippen LogP contribution is 2.38. The quantitative estimate of drug-likeness (QED) is 0.102. The number of phenolic OH excluding ortho intramolecular Hbond substituents is 2. The van der Waals surface area contributed by atoms with Crippen molar-refractivity contribution in [2.75, 3.05) is 46.9 Å². The molecule has 7 amide bonds. The normalized spacial score (nSPS) is 19.3. The van der Waals surface area contributed by atoms with E-state index in [-0.39, 0.29) is 47.6 Å². The Morgan fingerprint density at radius 2 is 1.66 bits per heavy atom. The number of aromatic hydroxyl groups is 2. The fourth-order valence-corrected chi connectivity index (χ4v) is 6.38. The monoisotopic (exact) mass is 782 g/mol. The maximum atomic E-state index is 13.8. The number of carboxylic acids is 1. The summed E-state index contributed by atoms with van der Waals surface area (Å²) in [6.45, 7) is -0.749. The summed E-state index contributed by atoms with van der Waals surface area (Å²) in [6, 6.07) is 2.24. The Morgan fingerprint density at radius 1 is 0.982 bits per heavy atom. The number of amides is 7. The number of aliphatic hydroxyl groups excluding tert-OH is 1. The van der Waals surface area contributed by atoms with E-state index in [4.69, 9.17) is 0 Å². The van der Waals surface area contributed by atoms with Gasteiger partial charge in [-0.05, 0) is 62.2 Å². The molecular formula is C36H46N8O12. The number of carboxylic acid groups (broad SMARTS) is 1. The van der Waals surface area contributed by atoms with E-state index in [1.165, 1.54) is 62.3 Å². The van der Waals surface area contributed by atoms with Crippen molar-refractivity contribution in [2.45, 2.75) is 56.4 Å². The van der Waals surface area contributed by atoms with E-state index in [0.717, 1.165) is 4.90 Å². The number of carbonyl (C=O) groups excluding carboxylic acids is 7. The molecule has 10 N–H and O–H groups in total. The Morgan fingerprint density at radius 3 is 2.32 bits per heavy atom. The van der Waals surface area contributed by atoms with Crippen molar-refractivity contribution in [3.05, 3.63) is 47.5 Å². The lowest BCUT2D eigenvalue weighted by Gasteiger charge is -2.29. The van der Waals surface area contributed by atoms with Crippen molar-refractivity contribution >= 4 is 47.3 Å². The number of hydrogen-bond donors (Lipinski definition) is 10. The molecule has 0 saturated carbocycles. The van der Waals surface area contributed by atoms with Crippen LogP contribution >= 0.6 is 0 Å². The molecule has 4 bridgehead atoms. The molecule has 2 aromatic rings. The van der Waals surface area contributed by atoms with Gasteiger partial charge >= 0.3 is 5.97 Å². The highest BCUT2D eigenvalue weighted by atomic mass is 16.4. The third kappa shape index (κ3) is 10.3. The van der Waals surface area contributed by atoms with Crippen LogP contribution in [-0.2, 0) is 44.8 Å². The molecule has 0 spiro atoms. The summed E-state index contributed by atoms with van der Waals surface area (Å²) >= 11 is 0. The first-order valence-corrected chi connectivity index (χ1v) is 17.7. The van der Waals surface area contributed by atoms with Crippen LogP contribution in [-0.4, -0.2) is 149 Å². The average molecular weight is 783 g/mol. The molecule has 56 heavy (non-hydrogen) atoms. The highest BCUT2D eigenvalue weighted by Gasteiger charge is 2.37. The number of nitrogens with zero attached hydrogens (tertiary/aromatic N) is 2. The summed E-state index contributed by atoms with van der Waals surface area (Å²) in [5.41, 5.74) is 0.674. The lowest BCUT2D eigenvalue weighted by molar-refractivity contribution is -0.149. The molecule has 5 unspecified atom stereocenters. The third-order valence-corrected chi connectivity index (χ3v) is 9.49. The van der Waals surface area contributed by atoms with Gasteiger partial charge in [-0.3, -0.25) is 33.6 Å². The minimum absolute atomic E-state index is 0.0483. The molecule has 2 aliphatic rings. The van der Waals surface area contributed by atoms with Crippen LogP contribution in [0.3, 0.4) is 0 Å². The highest BCUT2D eigenvalue weighted by molar-refractivity contribution is 5.96. The van der Waals surface area contributed by atoms with Gasteiger partial charge in [0.1, 0.15) is 41.7 Å². The second-order valence-electron chi connectivity index (χ2n) is 13.4. The zero-order valence-electron chi connectivity index (χ0n) is 31.0. The SMILES string of the molecule is CNC(CO)C(=O)NCC(=O)NCC(=O)N(C)C1C(=O)NCC(=O)NC(C(=O)NC(C)C(=O)N2CCCC2C(=O)O)Cc2ccc(O)c(c2)-c2cc1ccc2O. The zero-order chi connectivity index (χ0) is 41.3. The summed E-state index contributed by atoms with van der Waals surface area (Å²) in [5.74, 6) is -7.08. The maximum Gasteiger partial charge on any atom is 0.326 e. The number of likely N-dealkylation sites (N-methyl/N-ethyl adjacent to an activating group) is 2. The van der Waals surface area contributed by atoms with Crippen molar-refractivity contribution in [3.8, 4) is 22.6 Å². The Kier molecular flexibility index (Phi) is 14.3. The number of phenols is 2. The number of aliphatic carboxylic acids is 1. The van der Waals surface area contributed by atoms with Crippen molar-refractivity contribution in [1.82, 2.24) is 41.7 Å². The number of hydrogen-bond acceptors (Lipinski definition) is 12. The topological polar surface area (TPSA) is 296 Å². The summed E-state index contributed by atoms with van der Waals surface area (Å²) in [5, 5.41) is 55.3. The van der Waals surface area contributed by atoms with Gasteiger partial charge in [-0.2, -0.15) is 0 Å². The molecule has 0 aromatic heterocycles. The molecule has 0 aliphatic carbocycles. The van der Waals surface area contributed by atoms with Crippen LogP contribution in [0.5, 0.6) is 11.5 Å². The minimum Gasteiger partial charge on any atom is -0.507 e. The molecule has 5 atom stereocenters. The lowest BCUT2D eigenvalue weighted by atomic mass is 9.94. The van der Waals surface area contributed by atoms with E-state index in [1.54, 1.807) is 0 Å². The fourth-order valence-electron chi connectivity index (χ4n) is 6.38. The molecule has 1 fully saturated rings. The molecule has 20 heteroatoms. The molecule has 1 saturated heterocycles. The van der Waals surface area contributed by atoms with E-state index < -0.39 is 104 Å². The Balaban J connectivity index is 1.58. The zero-order valence-corrected chi connectivity index (χ0v) is 31.0. The predicted molar refractivity (Wildman–Crippen MR) is 195 cm³/mol. The van der Waals surface area contributed by atoms with Gasteiger partial charge in [-0.25, -0.2) is 4.79 Å². The lowest BCUT2D eigenvalue weighted by Crippen LogP contribution is -2.56. The second-order valence-corrected chi connectivity index (χ2v) is 13.4. The Hall–Kier alpha value is -6.28. The molecule has 2 heterocycles. The standard InChI is InChI=1S/C36H46N8O12/c1-18(35(54)44-10-4-5-25(44)36(55)56)41-33(52)23-12-19-6-8-26(46)21(11-19)22-13-20(7-9-27(22)47)31(34(53)40-15-29(49)42-23)43(3)30(50)16-38-28(48)14-39-32(51)24(17-45)37-2/h6-9,11,13,18,23-25,31,37,45-47H,4-5,10,12,14-17H2,1-3H3,(H,38,48)(H,39,51)(H,40,53)(H,41,52)(H,42,49)(H,55,56). The summed E-state index contributed by atoms with van der Waals surface area (Å²) in [7, 11) is 2.70. The third-order valence-electron chi connectivity index (χ3n) is 9.49. The average Bonchev–Trinajstić information content (AvgIpc) is 3.67. The Labute approximate surface area is 321 Å². The van der Waals surface area contributed by atoms with Gasteiger partial charge in [0.2, 0.25) is 41.4 Å². The van der Waals surface area contributed by atoms with Gasteiger partial charge in [-0.15, -0.1) is 0 Å². The number of rotatable bonds is 12. The minimum atomic E-state index is -1.47. The van der Waals surface area contributed by atoms with Crippen LogP contribution in [0.2, 0.25) is 0 Å². The summed E-state index contributed by atoms with van der Waals surface area (Å²) < 4.78 is 0. The van der Waals surface area contributed by atoms with Gasteiger partial charge in [-0.1, -0.05) is 12.1 Å². The molecule has 0 radical (unpaired) electrons. The van der Waals surface area contributed by atoms with E-state index in [1.807, 2.05) is 0 Å². The van der Waals surface area contributed by atoms with Gasteiger partial charge in [0.15, 0.2) is 0 Å². The molecule has 20 nitrogen and oxygen atoms in total. The molecule has 2 aliphatic heterocycles. The first-order valence-electron chi connectivity index (χ1n) is 17.7. The van der Waals surface area contributed by atoms with E-state index in [0.29, 0.717) is 12.0 Å². The number of carbonyl (C=O) groups is 8. The van der Waals surface area contributed by atoms with Crippen LogP contribution in [0.15, 0.2) is 36.4 Å². The number of aliphatic hydroxyl groups is 1. The Bertz CT molecular complexity index is 1870. The van der Waals surface area contributed by atoms with Crippen LogP contribution in [0, 0.1) is 0 Å². The summed E-state index contributed by atoms with van der Waals surface area (Å²) in [4.78, 5) is 105. The molecule has 2 aromatic carbocycles. The van der Waals surface area contributed by atoms with Crippen LogP contribution in [0.1, 0.15) is 36.9 Å². The molecule has 302 valence electrons. The van der Waals surface area contributed by atoms with Crippen LogP contribution < -0.4 is 31.9 Å². The second kappa shape index (κ2) is 18.8. The van der Waals surface area contributed by atoms with Crippen molar-refractivity contribution in [1.29, 1.82) is 0 Å². The first-order chi connectivity index (χ1) is 26.6. The van der Waals surface area contributed by atoms with Crippen LogP contribution in [0.25, 0.3) is 11.1 Å². The smallest absolute Gasteiger partial charge is 0.326 e. The predicted octanol–water partition coefficient (Wildman–Crippen LogP) is -3.19. The number of fused-ring (bicyclic) bond motifs is 5. The van der Waals surface area contributed by atoms with Crippen LogP contribution in [0.4, 0.5) is 0 Å².